The fourth-order valence-electron chi connectivity index (χ4n) is 11.5. The SMILES string of the molecule is CC(C)(C)c1ccc(OCCNS(=O)(=O)C2=NCc3ncccc32)cc1.CS(=O)(=O)C1CCN(S(=O)(=O)C2=NCc3ncccc32)C1.O=S(=O)(C1=NCc2ncccc21)N1CCC(Cc2ccccc2)C1.O=S(=O)(NCc1ccc(Oc2ccc(F)cc2)cc1)C1=NCc2ncccc21. The first kappa shape index (κ1) is 71.6. The Balaban J connectivity index is 0.000000134. The fourth-order valence-corrected chi connectivity index (χ4v) is 18.4. The van der Waals surface area contributed by atoms with E-state index in [4.69, 9.17) is 9.47 Å². The van der Waals surface area contributed by atoms with E-state index in [1.54, 1.807) is 102 Å². The van der Waals surface area contributed by atoms with Crippen molar-refractivity contribution in [2.24, 2.45) is 25.9 Å². The van der Waals surface area contributed by atoms with Crippen LogP contribution in [-0.4, -0.2) is 142 Å². The van der Waals surface area contributed by atoms with Gasteiger partial charge in [0.25, 0.3) is 40.1 Å². The number of sulfonamides is 4. The van der Waals surface area contributed by atoms with Crippen LogP contribution in [0.3, 0.4) is 0 Å². The highest BCUT2D eigenvalue weighted by atomic mass is 32.2. The third kappa shape index (κ3) is 17.5. The standard InChI is InChI=1S/C20H16FN3O3S.C19H23N3O3S.C18H19N3O2S.C12H15N3O4S2/c21-15-5-9-17(10-6-15)27-16-7-3-14(4-8-16)12-24-28(25,26)20-18-2-1-11-22-19(18)13-23-20;1-19(2,3)14-6-8-15(9-7-14)25-12-11-22-26(23,24)18-16-5-4-10-20-17(16)13-21-18;22-24(23,18-16-7-4-9-19-17(16)12-20-18)21-10-8-15(13-21)11-14-5-2-1-3-6-14;1-20(16,17)9-4-6-15(8-9)21(18,19)12-10-3-2-5-13-11(10)7-14-12/h1-11,24H,12-13H2;4-10,22H,11-13H2,1-3H3;1-7,9,15H,8,10-13H2;2-3,5,9H,4,6-8H2,1H3. The maximum atomic E-state index is 13.0. The van der Waals surface area contributed by atoms with Gasteiger partial charge in [-0.2, -0.15) is 8.61 Å². The molecule has 14 rings (SSSR count). The molecule has 0 bridgehead atoms. The summed E-state index contributed by atoms with van der Waals surface area (Å²) in [7, 11) is -18.0. The second kappa shape index (κ2) is 30.4. The van der Waals surface area contributed by atoms with Crippen molar-refractivity contribution < 1.29 is 56.0 Å². The minimum atomic E-state index is -3.77. The number of pyridine rings is 4. The second-order valence-corrected chi connectivity index (χ2v) is 34.2. The zero-order chi connectivity index (χ0) is 70.2. The summed E-state index contributed by atoms with van der Waals surface area (Å²) in [5.74, 6) is 1.82. The molecule has 0 radical (unpaired) electrons. The zero-order valence-electron chi connectivity index (χ0n) is 54.6. The number of benzene rings is 4. The Kier molecular flexibility index (Phi) is 22.0. The van der Waals surface area contributed by atoms with Crippen molar-refractivity contribution in [3.8, 4) is 17.2 Å². The van der Waals surface area contributed by atoms with Crippen LogP contribution in [0.1, 0.15) is 95.3 Å². The molecule has 4 aromatic carbocycles. The minimum Gasteiger partial charge on any atom is -0.492 e. The summed E-state index contributed by atoms with van der Waals surface area (Å²) >= 11 is 0. The molecule has 4 aromatic heterocycles. The van der Waals surface area contributed by atoms with Gasteiger partial charge in [-0.25, -0.2) is 55.9 Å². The fraction of sp³-hybridized carbons (Fsp3) is 0.304. The quantitative estimate of drug-likeness (QED) is 0.0917. The van der Waals surface area contributed by atoms with Gasteiger partial charge in [0.05, 0.1) is 54.2 Å². The molecule has 2 unspecified atom stereocenters. The normalized spacial score (nSPS) is 17.3. The molecule has 2 atom stereocenters. The first-order valence-electron chi connectivity index (χ1n) is 31.7. The van der Waals surface area contributed by atoms with Crippen molar-refractivity contribution in [3.63, 3.8) is 0 Å². The van der Waals surface area contributed by atoms with Crippen molar-refractivity contribution in [2.45, 2.75) is 83.4 Å². The van der Waals surface area contributed by atoms with Crippen LogP contribution in [0.2, 0.25) is 0 Å². The van der Waals surface area contributed by atoms with Gasteiger partial charge in [0.15, 0.2) is 30.0 Å². The van der Waals surface area contributed by atoms with E-state index in [0.717, 1.165) is 30.4 Å². The van der Waals surface area contributed by atoms with Crippen LogP contribution in [0.5, 0.6) is 17.2 Å². The summed E-state index contributed by atoms with van der Waals surface area (Å²) in [5.41, 5.74) is 8.33. The van der Waals surface area contributed by atoms with E-state index in [0.29, 0.717) is 95.1 Å². The molecule has 2 saturated heterocycles. The van der Waals surface area contributed by atoms with Crippen molar-refractivity contribution in [1.29, 1.82) is 0 Å². The lowest BCUT2D eigenvalue weighted by atomic mass is 9.87. The molecule has 2 N–H and O–H groups in total. The Morgan fingerprint density at radius 3 is 1.39 bits per heavy atom. The summed E-state index contributed by atoms with van der Waals surface area (Å²) in [5, 5.41) is -0.379. The third-order valence-electron chi connectivity index (χ3n) is 16.8. The Labute approximate surface area is 576 Å². The topological polar surface area (TPSA) is 321 Å². The predicted octanol–water partition coefficient (Wildman–Crippen LogP) is 8.06. The molecule has 518 valence electrons. The van der Waals surface area contributed by atoms with E-state index in [1.165, 1.54) is 39.7 Å². The van der Waals surface area contributed by atoms with E-state index in [9.17, 15) is 46.5 Å². The lowest BCUT2D eigenvalue weighted by molar-refractivity contribution is 0.323. The number of hydrogen-bond donors (Lipinski definition) is 2. The predicted molar refractivity (Wildman–Crippen MR) is 377 cm³/mol. The van der Waals surface area contributed by atoms with Crippen molar-refractivity contribution >= 4 is 70.1 Å². The molecular weight excluding hydrogens is 1370 g/mol. The molecule has 6 aliphatic heterocycles. The molecule has 0 saturated carbocycles. The number of hydrogen-bond acceptors (Lipinski definition) is 20. The van der Waals surface area contributed by atoms with Crippen LogP contribution in [0.25, 0.3) is 0 Å². The number of nitrogens with one attached hydrogen (secondary N) is 2. The maximum absolute atomic E-state index is 13.0. The van der Waals surface area contributed by atoms with Crippen molar-refractivity contribution in [3.05, 3.63) is 244 Å². The average molecular weight is 1440 g/mol. The van der Waals surface area contributed by atoms with Gasteiger partial charge in [-0.3, -0.25) is 39.9 Å². The van der Waals surface area contributed by atoms with Gasteiger partial charge in [0.1, 0.15) is 29.7 Å². The number of aliphatic imine (C=N–C) groups is 4. The molecule has 0 spiro atoms. The molecule has 10 heterocycles. The van der Waals surface area contributed by atoms with Crippen LogP contribution >= 0.6 is 0 Å². The number of rotatable bonds is 15. The zero-order valence-corrected chi connectivity index (χ0v) is 58.7. The molecule has 8 aromatic rings. The Morgan fingerprint density at radius 2 is 0.919 bits per heavy atom. The number of ether oxygens (including phenoxy) is 2. The minimum absolute atomic E-state index is 0.000231. The molecule has 0 aliphatic carbocycles. The van der Waals surface area contributed by atoms with Gasteiger partial charge in [-0.05, 0) is 144 Å². The van der Waals surface area contributed by atoms with Gasteiger partial charge in [-0.15, -0.1) is 0 Å². The van der Waals surface area contributed by atoms with Crippen molar-refractivity contribution in [1.82, 2.24) is 38.0 Å². The molecule has 99 heavy (non-hydrogen) atoms. The number of aromatic nitrogens is 4. The summed E-state index contributed by atoms with van der Waals surface area (Å²) in [6.45, 7) is 9.45. The van der Waals surface area contributed by atoms with Crippen LogP contribution < -0.4 is 18.9 Å². The molecule has 6 aliphatic rings. The van der Waals surface area contributed by atoms with Gasteiger partial charge in [0, 0.05) is 92.6 Å². The molecule has 30 heteroatoms. The summed E-state index contributed by atoms with van der Waals surface area (Å²) in [6, 6.07) is 44.5. The lowest BCUT2D eigenvalue weighted by Crippen LogP contribution is -2.36. The highest BCUT2D eigenvalue weighted by Gasteiger charge is 2.42. The van der Waals surface area contributed by atoms with Crippen LogP contribution in [0, 0.1) is 11.7 Å². The van der Waals surface area contributed by atoms with Crippen LogP contribution in [0.15, 0.2) is 196 Å². The highest BCUT2D eigenvalue weighted by Crippen LogP contribution is 2.31. The Bertz CT molecular complexity index is 4990. The largest absolute Gasteiger partial charge is 0.492 e. The van der Waals surface area contributed by atoms with E-state index >= 15 is 0 Å². The first-order chi connectivity index (χ1) is 47.2. The number of fused-ring (bicyclic) bond motifs is 4. The highest BCUT2D eigenvalue weighted by molar-refractivity contribution is 8.06. The number of sulfone groups is 1. The molecule has 0 amide bonds. The van der Waals surface area contributed by atoms with Gasteiger partial charge in [0.2, 0.25) is 0 Å². The third-order valence-corrected chi connectivity index (χ3v) is 24.9. The van der Waals surface area contributed by atoms with E-state index in [1.807, 2.05) is 42.5 Å². The summed E-state index contributed by atoms with van der Waals surface area (Å²) in [6.07, 6.45) is 9.79. The van der Waals surface area contributed by atoms with E-state index in [-0.39, 0.29) is 77.3 Å². The number of halogens is 1. The average Bonchev–Trinajstić information content (AvgIpc) is 1.65. The van der Waals surface area contributed by atoms with Gasteiger partial charge < -0.3 is 9.47 Å². The monoisotopic (exact) mass is 1440 g/mol. The van der Waals surface area contributed by atoms with E-state index < -0.39 is 55.2 Å². The molecular formula is C69H73FN12O12S5. The summed E-state index contributed by atoms with van der Waals surface area (Å²) < 4.78 is 156. The Morgan fingerprint density at radius 1 is 0.485 bits per heavy atom. The molecule has 2 fully saturated rings. The van der Waals surface area contributed by atoms with Crippen LogP contribution in [0.4, 0.5) is 4.39 Å². The van der Waals surface area contributed by atoms with Gasteiger partial charge >= 0.3 is 0 Å². The first-order valence-corrected chi connectivity index (χ1v) is 39.5. The van der Waals surface area contributed by atoms with Gasteiger partial charge in [-0.1, -0.05) is 75.4 Å². The van der Waals surface area contributed by atoms with Crippen LogP contribution in [-0.2, 0) is 94.5 Å². The van der Waals surface area contributed by atoms with E-state index in [2.05, 4.69) is 82.3 Å². The van der Waals surface area contributed by atoms with Crippen molar-refractivity contribution in [2.75, 3.05) is 45.6 Å². The maximum Gasteiger partial charge on any atom is 0.260 e. The summed E-state index contributed by atoms with van der Waals surface area (Å²) in [4.78, 5) is 33.2. The number of nitrogens with zero attached hydrogens (tertiary/aromatic N) is 10. The second-order valence-electron chi connectivity index (χ2n) is 24.8. The smallest absolute Gasteiger partial charge is 0.260 e. The Hall–Kier alpha value is -8.72. The molecule has 24 nitrogen and oxygen atoms in total. The lowest BCUT2D eigenvalue weighted by Gasteiger charge is -2.19.